The van der Waals surface area contributed by atoms with Crippen LogP contribution in [0.15, 0.2) is 30.5 Å². The highest BCUT2D eigenvalue weighted by molar-refractivity contribution is 6.49. The molecule has 0 fully saturated rings. The van der Waals surface area contributed by atoms with Crippen LogP contribution in [0.5, 0.6) is 0 Å². The molecule has 1 heterocycles. The van der Waals surface area contributed by atoms with Gasteiger partial charge < -0.3 is 5.11 Å². The Morgan fingerprint density at radius 3 is 2.58 bits per heavy atom. The van der Waals surface area contributed by atoms with E-state index in [2.05, 4.69) is 4.98 Å². The van der Waals surface area contributed by atoms with Crippen LogP contribution in [0, 0.1) is 0 Å². The van der Waals surface area contributed by atoms with Gasteiger partial charge in [0.2, 0.25) is 0 Å². The van der Waals surface area contributed by atoms with Crippen LogP contribution in [0.1, 0.15) is 5.69 Å². The maximum Gasteiger partial charge on any atom is 0.309 e. The lowest BCUT2D eigenvalue weighted by molar-refractivity contribution is -0.136. The van der Waals surface area contributed by atoms with E-state index in [-0.39, 0.29) is 11.4 Å². The molecule has 98 valence electrons. The summed E-state index contributed by atoms with van der Waals surface area (Å²) < 4.78 is 0. The number of hydrogen-bond donors (Lipinski definition) is 1. The fourth-order valence-electron chi connectivity index (χ4n) is 1.65. The van der Waals surface area contributed by atoms with Crippen LogP contribution in [0.2, 0.25) is 15.1 Å². The van der Waals surface area contributed by atoms with E-state index in [1.54, 1.807) is 24.3 Å². The van der Waals surface area contributed by atoms with Gasteiger partial charge in [-0.3, -0.25) is 9.78 Å². The Balaban J connectivity index is 2.47. The number of hydrogen-bond acceptors (Lipinski definition) is 2. The molecule has 0 atom stereocenters. The van der Waals surface area contributed by atoms with Gasteiger partial charge in [-0.1, -0.05) is 40.9 Å². The molecule has 0 radical (unpaired) electrons. The summed E-state index contributed by atoms with van der Waals surface area (Å²) in [6.07, 6.45) is 1.39. The number of carboxylic acid groups (broad SMARTS) is 1. The summed E-state index contributed by atoms with van der Waals surface area (Å²) in [7, 11) is 0. The number of carbonyl (C=O) groups is 1. The van der Waals surface area contributed by atoms with Crippen LogP contribution < -0.4 is 0 Å². The van der Waals surface area contributed by atoms with Gasteiger partial charge in [0.1, 0.15) is 0 Å². The van der Waals surface area contributed by atoms with Gasteiger partial charge in [-0.15, -0.1) is 0 Å². The average Bonchev–Trinajstić information content (AvgIpc) is 2.36. The quantitative estimate of drug-likeness (QED) is 0.857. The van der Waals surface area contributed by atoms with Crippen LogP contribution in [0.4, 0.5) is 0 Å². The third kappa shape index (κ3) is 3.18. The van der Waals surface area contributed by atoms with Crippen molar-refractivity contribution >= 4 is 40.8 Å². The molecule has 19 heavy (non-hydrogen) atoms. The van der Waals surface area contributed by atoms with Crippen molar-refractivity contribution < 1.29 is 9.90 Å². The molecular weight excluding hydrogens is 309 g/mol. The predicted molar refractivity (Wildman–Crippen MR) is 76.0 cm³/mol. The summed E-state index contributed by atoms with van der Waals surface area (Å²) in [5.74, 6) is -0.940. The summed E-state index contributed by atoms with van der Waals surface area (Å²) in [5.41, 5.74) is 1.88. The number of pyridine rings is 1. The number of benzene rings is 1. The van der Waals surface area contributed by atoms with Crippen LogP contribution in [0.25, 0.3) is 11.1 Å². The van der Waals surface area contributed by atoms with Crippen molar-refractivity contribution in [1.82, 2.24) is 4.98 Å². The molecule has 0 saturated carbocycles. The molecule has 0 aliphatic carbocycles. The topological polar surface area (TPSA) is 50.2 Å². The van der Waals surface area contributed by atoms with Crippen molar-refractivity contribution in [2.75, 3.05) is 0 Å². The molecule has 3 nitrogen and oxygen atoms in total. The maximum atomic E-state index is 10.7. The summed E-state index contributed by atoms with van der Waals surface area (Å²) in [6.45, 7) is 0. The molecule has 1 aromatic heterocycles. The molecule has 0 unspecified atom stereocenters. The first-order valence-corrected chi connectivity index (χ1v) is 6.43. The summed E-state index contributed by atoms with van der Waals surface area (Å²) in [5, 5.41) is 9.74. The lowest BCUT2D eigenvalue weighted by Crippen LogP contribution is -2.02. The second-order valence-corrected chi connectivity index (χ2v) is 4.99. The third-order valence-corrected chi connectivity index (χ3v) is 3.79. The molecular formula is C13H8Cl3NO2. The fraction of sp³-hybridized carbons (Fsp3) is 0.0769. The van der Waals surface area contributed by atoms with E-state index in [9.17, 15) is 4.79 Å². The van der Waals surface area contributed by atoms with Crippen molar-refractivity contribution in [3.8, 4) is 11.1 Å². The fourth-order valence-corrected chi connectivity index (χ4v) is 2.29. The standard InChI is InChI=1S/C13H8Cl3NO2/c14-10-2-1-9(12(15)13(10)16)7-3-4-17-8(5-7)6-11(18)19/h1-5H,6H2,(H,18,19). The number of carboxylic acids is 1. The Morgan fingerprint density at radius 2 is 1.89 bits per heavy atom. The number of aliphatic carboxylic acids is 1. The number of halogens is 3. The van der Waals surface area contributed by atoms with Crippen LogP contribution in [-0.2, 0) is 11.2 Å². The normalized spacial score (nSPS) is 10.5. The van der Waals surface area contributed by atoms with Crippen molar-refractivity contribution in [3.63, 3.8) is 0 Å². The second kappa shape index (κ2) is 5.78. The first kappa shape index (κ1) is 14.1. The van der Waals surface area contributed by atoms with E-state index in [0.29, 0.717) is 21.3 Å². The monoisotopic (exact) mass is 315 g/mol. The van der Waals surface area contributed by atoms with E-state index in [1.165, 1.54) is 6.20 Å². The first-order chi connectivity index (χ1) is 8.99. The smallest absolute Gasteiger partial charge is 0.309 e. The first-order valence-electron chi connectivity index (χ1n) is 5.29. The summed E-state index contributed by atoms with van der Waals surface area (Å²) in [6, 6.07) is 6.77. The summed E-state index contributed by atoms with van der Waals surface area (Å²) >= 11 is 18.0. The van der Waals surface area contributed by atoms with E-state index in [1.807, 2.05) is 0 Å². The van der Waals surface area contributed by atoms with E-state index in [4.69, 9.17) is 39.9 Å². The van der Waals surface area contributed by atoms with Crippen LogP contribution in [-0.4, -0.2) is 16.1 Å². The highest BCUT2D eigenvalue weighted by atomic mass is 35.5. The van der Waals surface area contributed by atoms with E-state index in [0.717, 1.165) is 5.56 Å². The minimum absolute atomic E-state index is 0.146. The van der Waals surface area contributed by atoms with Gasteiger partial charge in [0.05, 0.1) is 27.2 Å². The molecule has 2 rings (SSSR count). The second-order valence-electron chi connectivity index (χ2n) is 3.83. The highest BCUT2D eigenvalue weighted by Gasteiger charge is 2.11. The van der Waals surface area contributed by atoms with E-state index >= 15 is 0 Å². The van der Waals surface area contributed by atoms with E-state index < -0.39 is 5.97 Å². The van der Waals surface area contributed by atoms with Gasteiger partial charge in [-0.05, 0) is 23.8 Å². The molecule has 0 amide bonds. The Hall–Kier alpha value is -1.29. The molecule has 0 saturated heterocycles. The van der Waals surface area contributed by atoms with Crippen LogP contribution in [0.3, 0.4) is 0 Å². The Labute approximate surface area is 124 Å². The molecule has 6 heteroatoms. The zero-order chi connectivity index (χ0) is 14.0. The minimum Gasteiger partial charge on any atom is -0.481 e. The lowest BCUT2D eigenvalue weighted by atomic mass is 10.1. The molecule has 0 bridgehead atoms. The van der Waals surface area contributed by atoms with Crippen molar-refractivity contribution in [2.24, 2.45) is 0 Å². The zero-order valence-electron chi connectivity index (χ0n) is 9.53. The zero-order valence-corrected chi connectivity index (χ0v) is 11.8. The molecule has 1 aromatic carbocycles. The van der Waals surface area contributed by atoms with Crippen molar-refractivity contribution in [2.45, 2.75) is 6.42 Å². The average molecular weight is 317 g/mol. The SMILES string of the molecule is O=C(O)Cc1cc(-c2ccc(Cl)c(Cl)c2Cl)ccn1. The molecule has 1 N–H and O–H groups in total. The Morgan fingerprint density at radius 1 is 1.16 bits per heavy atom. The molecule has 0 aliphatic heterocycles. The Kier molecular flexibility index (Phi) is 4.30. The number of rotatable bonds is 3. The molecule has 2 aromatic rings. The maximum absolute atomic E-state index is 10.7. The highest BCUT2D eigenvalue weighted by Crippen LogP contribution is 2.37. The molecule has 0 aliphatic rings. The third-order valence-electron chi connectivity index (χ3n) is 2.50. The summed E-state index contributed by atoms with van der Waals surface area (Å²) in [4.78, 5) is 14.7. The van der Waals surface area contributed by atoms with Crippen molar-refractivity contribution in [1.29, 1.82) is 0 Å². The van der Waals surface area contributed by atoms with Crippen molar-refractivity contribution in [3.05, 3.63) is 51.2 Å². The minimum atomic E-state index is -0.940. The number of nitrogens with zero attached hydrogens (tertiary/aromatic N) is 1. The lowest BCUT2D eigenvalue weighted by Gasteiger charge is -2.08. The number of aromatic nitrogens is 1. The van der Waals surface area contributed by atoms with Gasteiger partial charge >= 0.3 is 5.97 Å². The largest absolute Gasteiger partial charge is 0.481 e. The van der Waals surface area contributed by atoms with Gasteiger partial charge in [0.15, 0.2) is 0 Å². The van der Waals surface area contributed by atoms with Gasteiger partial charge in [-0.25, -0.2) is 0 Å². The van der Waals surface area contributed by atoms with Gasteiger partial charge in [0.25, 0.3) is 0 Å². The van der Waals surface area contributed by atoms with Crippen LogP contribution >= 0.6 is 34.8 Å². The predicted octanol–water partition coefficient (Wildman–Crippen LogP) is 4.34. The van der Waals surface area contributed by atoms with Gasteiger partial charge in [0, 0.05) is 11.8 Å². The van der Waals surface area contributed by atoms with Gasteiger partial charge in [-0.2, -0.15) is 0 Å². The Bertz CT molecular complexity index is 644. The molecule has 0 spiro atoms.